The van der Waals surface area contributed by atoms with Crippen molar-refractivity contribution in [3.05, 3.63) is 46.5 Å². The van der Waals surface area contributed by atoms with Crippen molar-refractivity contribution >= 4 is 33.0 Å². The molecule has 0 atom stereocenters. The van der Waals surface area contributed by atoms with Gasteiger partial charge in [-0.1, -0.05) is 18.5 Å². The first kappa shape index (κ1) is 19.9. The summed E-state index contributed by atoms with van der Waals surface area (Å²) in [5.74, 6) is -1.10. The summed E-state index contributed by atoms with van der Waals surface area (Å²) in [7, 11) is -1.97. The smallest absolute Gasteiger partial charge is 0.272 e. The molecule has 1 amide bonds. The number of rotatable bonds is 5. The van der Waals surface area contributed by atoms with Crippen molar-refractivity contribution < 1.29 is 22.3 Å². The summed E-state index contributed by atoms with van der Waals surface area (Å²) in [6.45, 7) is 4.19. The lowest BCUT2D eigenvalue weighted by Crippen LogP contribution is -2.45. The quantitative estimate of drug-likeness (QED) is 0.815. The van der Waals surface area contributed by atoms with Crippen LogP contribution in [0.15, 0.2) is 29.3 Å². The van der Waals surface area contributed by atoms with Crippen LogP contribution in [0.5, 0.6) is 0 Å². The van der Waals surface area contributed by atoms with Crippen LogP contribution in [-0.4, -0.2) is 37.9 Å². The topological polar surface area (TPSA) is 77.4 Å². The molecule has 1 N–H and O–H groups in total. The number of hydrogen-bond acceptors (Lipinski definition) is 4. The molecule has 0 aliphatic carbocycles. The number of hydrogen-bond donors (Lipinski definition) is 1. The second-order valence-corrected chi connectivity index (χ2v) is 9.67. The maximum Gasteiger partial charge on any atom is 0.272 e. The molecule has 1 saturated heterocycles. The van der Waals surface area contributed by atoms with Gasteiger partial charge in [0, 0.05) is 24.3 Å². The monoisotopic (exact) mass is 414 g/mol. The number of nitrogens with one attached hydrogen (secondary N) is 1. The van der Waals surface area contributed by atoms with Gasteiger partial charge in [-0.25, -0.2) is 12.8 Å². The number of aromatic nitrogens is 1. The van der Waals surface area contributed by atoms with Crippen LogP contribution < -0.4 is 5.32 Å². The Morgan fingerprint density at radius 3 is 2.59 bits per heavy atom. The lowest BCUT2D eigenvalue weighted by atomic mass is 9.92. The predicted molar refractivity (Wildman–Crippen MR) is 100 cm³/mol. The van der Waals surface area contributed by atoms with Crippen LogP contribution in [0, 0.1) is 18.2 Å². The van der Waals surface area contributed by atoms with Crippen molar-refractivity contribution in [2.24, 2.45) is 12.5 Å². The zero-order valence-corrected chi connectivity index (χ0v) is 16.7. The van der Waals surface area contributed by atoms with Crippen molar-refractivity contribution in [3.63, 3.8) is 0 Å². The van der Waals surface area contributed by atoms with Crippen LogP contribution in [0.2, 0.25) is 5.02 Å². The van der Waals surface area contributed by atoms with Crippen LogP contribution in [0.3, 0.4) is 0 Å². The highest BCUT2D eigenvalue weighted by atomic mass is 35.5. The maximum absolute atomic E-state index is 13.6. The molecule has 0 saturated carbocycles. The number of sulfone groups is 1. The average molecular weight is 415 g/mol. The van der Waals surface area contributed by atoms with Crippen LogP contribution in [-0.2, 0) is 21.6 Å². The Labute approximate surface area is 162 Å². The lowest BCUT2D eigenvalue weighted by molar-refractivity contribution is -0.0870. The molecule has 0 spiro atoms. The van der Waals surface area contributed by atoms with E-state index in [-0.39, 0.29) is 21.4 Å². The van der Waals surface area contributed by atoms with Crippen molar-refractivity contribution in [1.82, 2.24) is 4.57 Å². The van der Waals surface area contributed by atoms with E-state index < -0.39 is 27.0 Å². The summed E-state index contributed by atoms with van der Waals surface area (Å²) >= 11 is 5.80. The summed E-state index contributed by atoms with van der Waals surface area (Å²) in [6.07, 6.45) is 1.41. The maximum atomic E-state index is 13.6. The molecule has 1 fully saturated rings. The number of nitrogens with zero attached hydrogens (tertiary/aromatic N) is 1. The van der Waals surface area contributed by atoms with Gasteiger partial charge in [-0.05, 0) is 30.7 Å². The van der Waals surface area contributed by atoms with E-state index >= 15 is 0 Å². The van der Waals surface area contributed by atoms with E-state index in [1.54, 1.807) is 7.05 Å². The Morgan fingerprint density at radius 1 is 1.37 bits per heavy atom. The van der Waals surface area contributed by atoms with E-state index in [1.165, 1.54) is 35.9 Å². The van der Waals surface area contributed by atoms with Gasteiger partial charge in [0.25, 0.3) is 5.91 Å². The Morgan fingerprint density at radius 2 is 2.04 bits per heavy atom. The summed E-state index contributed by atoms with van der Waals surface area (Å²) in [5.41, 5.74) is 0.388. The first-order valence-electron chi connectivity index (χ1n) is 8.25. The summed E-state index contributed by atoms with van der Waals surface area (Å²) < 4.78 is 45.5. The van der Waals surface area contributed by atoms with E-state index in [1.807, 2.05) is 6.92 Å². The van der Waals surface area contributed by atoms with Crippen LogP contribution in [0.25, 0.3) is 0 Å². The van der Waals surface area contributed by atoms with Crippen LogP contribution >= 0.6 is 11.6 Å². The molecule has 1 aromatic carbocycles. The zero-order valence-electron chi connectivity index (χ0n) is 15.2. The molecule has 1 aliphatic rings. The van der Waals surface area contributed by atoms with Gasteiger partial charge in [0.05, 0.1) is 28.9 Å². The predicted octanol–water partition coefficient (Wildman–Crippen LogP) is 3.19. The fourth-order valence-corrected chi connectivity index (χ4v) is 5.13. The molecule has 2 heterocycles. The molecule has 0 radical (unpaired) electrons. The van der Waals surface area contributed by atoms with E-state index in [9.17, 15) is 17.6 Å². The first-order chi connectivity index (χ1) is 12.5. The summed E-state index contributed by atoms with van der Waals surface area (Å²) in [5, 5.41) is 2.52. The van der Waals surface area contributed by atoms with Gasteiger partial charge in [0.1, 0.15) is 11.5 Å². The molecule has 0 bridgehead atoms. The third kappa shape index (κ3) is 4.02. The van der Waals surface area contributed by atoms with Crippen molar-refractivity contribution in [3.8, 4) is 0 Å². The van der Waals surface area contributed by atoms with Crippen LogP contribution in [0.4, 0.5) is 10.1 Å². The Kier molecular flexibility index (Phi) is 5.09. The Bertz CT molecular complexity index is 989. The molecule has 146 valence electrons. The highest BCUT2D eigenvalue weighted by Gasteiger charge is 2.39. The molecule has 1 aromatic heterocycles. The Balaban J connectivity index is 1.82. The first-order valence-corrected chi connectivity index (χ1v) is 10.3. The minimum atomic E-state index is -3.56. The van der Waals surface area contributed by atoms with Crippen molar-refractivity contribution in [1.29, 1.82) is 0 Å². The lowest BCUT2D eigenvalue weighted by Gasteiger charge is -2.37. The minimum absolute atomic E-state index is 0.0438. The van der Waals surface area contributed by atoms with Gasteiger partial charge in [-0.3, -0.25) is 4.79 Å². The summed E-state index contributed by atoms with van der Waals surface area (Å²) in [4.78, 5) is 12.6. The van der Waals surface area contributed by atoms with E-state index in [4.69, 9.17) is 16.3 Å². The van der Waals surface area contributed by atoms with Crippen LogP contribution in [0.1, 0.15) is 23.0 Å². The van der Waals surface area contributed by atoms with Gasteiger partial charge >= 0.3 is 0 Å². The Hall–Kier alpha value is -1.90. The summed E-state index contributed by atoms with van der Waals surface area (Å²) in [6, 6.07) is 4.10. The standard InChI is InChI=1S/C18H20ClFN2O4S/c1-11-4-12(5-14(19)16(11)20)21-17(23)15-6-13(7-22(15)3)27(24,25)10-18(2)8-26-9-18/h4-7H,8-10H2,1-3H3,(H,21,23). The number of ether oxygens (including phenoxy) is 1. The number of benzene rings is 1. The SMILES string of the molecule is Cc1cc(NC(=O)c2cc(S(=O)(=O)CC3(C)COC3)cn2C)cc(Cl)c1F. The number of carbonyl (C=O) groups excluding carboxylic acids is 1. The largest absolute Gasteiger partial charge is 0.380 e. The van der Waals surface area contributed by atoms with E-state index in [0.29, 0.717) is 24.5 Å². The van der Waals surface area contributed by atoms with Gasteiger partial charge in [-0.2, -0.15) is 0 Å². The fourth-order valence-electron chi connectivity index (χ4n) is 3.00. The third-order valence-corrected chi connectivity index (χ3v) is 6.77. The second-order valence-electron chi connectivity index (χ2n) is 7.28. The molecule has 6 nitrogen and oxygen atoms in total. The molecule has 27 heavy (non-hydrogen) atoms. The molecule has 3 rings (SSSR count). The van der Waals surface area contributed by atoms with Gasteiger partial charge < -0.3 is 14.6 Å². The minimum Gasteiger partial charge on any atom is -0.380 e. The van der Waals surface area contributed by atoms with E-state index in [0.717, 1.165) is 0 Å². The molecular weight excluding hydrogens is 395 g/mol. The number of anilines is 1. The van der Waals surface area contributed by atoms with Gasteiger partial charge in [0.15, 0.2) is 9.84 Å². The van der Waals surface area contributed by atoms with Gasteiger partial charge in [0.2, 0.25) is 0 Å². The van der Waals surface area contributed by atoms with Crippen molar-refractivity contribution in [2.75, 3.05) is 24.3 Å². The molecule has 0 unspecified atom stereocenters. The highest BCUT2D eigenvalue weighted by Crippen LogP contribution is 2.31. The normalized spacial score (nSPS) is 16.0. The van der Waals surface area contributed by atoms with Crippen molar-refractivity contribution in [2.45, 2.75) is 18.7 Å². The fraction of sp³-hybridized carbons (Fsp3) is 0.389. The molecule has 9 heteroatoms. The molecule has 1 aliphatic heterocycles. The van der Waals surface area contributed by atoms with Gasteiger partial charge in [-0.15, -0.1) is 0 Å². The molecule has 2 aromatic rings. The number of amides is 1. The second kappa shape index (κ2) is 6.92. The number of aryl methyl sites for hydroxylation is 2. The highest BCUT2D eigenvalue weighted by molar-refractivity contribution is 7.91. The number of carbonyl (C=O) groups is 1. The average Bonchev–Trinajstić information content (AvgIpc) is 2.93. The third-order valence-electron chi connectivity index (χ3n) is 4.48. The zero-order chi connectivity index (χ0) is 20.0. The van der Waals surface area contributed by atoms with E-state index in [2.05, 4.69) is 5.32 Å². The molecular formula is C18H20ClFN2O4S. The number of halogens is 2.